The molecule has 0 unspecified atom stereocenters. The molecule has 0 aliphatic rings. The van der Waals surface area contributed by atoms with Crippen molar-refractivity contribution >= 4 is 5.91 Å². The van der Waals surface area contributed by atoms with Gasteiger partial charge in [-0.2, -0.15) is 0 Å². The number of primary amides is 1. The van der Waals surface area contributed by atoms with Crippen molar-refractivity contribution in [1.82, 2.24) is 5.32 Å². The Bertz CT molecular complexity index is 464. The lowest BCUT2D eigenvalue weighted by Gasteiger charge is -2.11. The van der Waals surface area contributed by atoms with Crippen LogP contribution >= 0.6 is 0 Å². The second kappa shape index (κ2) is 11.8. The lowest BCUT2D eigenvalue weighted by Crippen LogP contribution is -2.20. The first-order valence-corrected chi connectivity index (χ1v) is 8.46. The minimum atomic E-state index is -0.503. The summed E-state index contributed by atoms with van der Waals surface area (Å²) in [7, 11) is 1.58. The minimum Gasteiger partial charge on any atom is -0.493 e. The normalized spacial score (nSPS) is 10.5. The number of hydrogen-bond acceptors (Lipinski definition) is 4. The Labute approximate surface area is 139 Å². The predicted molar refractivity (Wildman–Crippen MR) is 92.8 cm³/mol. The van der Waals surface area contributed by atoms with E-state index in [0.717, 1.165) is 18.7 Å². The Morgan fingerprint density at radius 2 is 1.87 bits per heavy atom. The number of nitrogens with two attached hydrogens (primary N) is 1. The van der Waals surface area contributed by atoms with Gasteiger partial charge in [0.25, 0.3) is 5.91 Å². The molecule has 0 saturated heterocycles. The number of methoxy groups -OCH3 is 1. The third kappa shape index (κ3) is 8.45. The van der Waals surface area contributed by atoms with Crippen LogP contribution in [0.2, 0.25) is 0 Å². The summed E-state index contributed by atoms with van der Waals surface area (Å²) in [5, 5.41) is 3.44. The van der Waals surface area contributed by atoms with E-state index in [0.29, 0.717) is 11.5 Å². The first-order chi connectivity index (χ1) is 11.2. The number of nitrogens with one attached hydrogen (secondary N) is 1. The second-order valence-electron chi connectivity index (χ2n) is 5.68. The molecular weight excluding hydrogens is 292 g/mol. The number of hydrogen-bond donors (Lipinski definition) is 2. The first-order valence-electron chi connectivity index (χ1n) is 8.46. The van der Waals surface area contributed by atoms with Crippen molar-refractivity contribution in [2.45, 2.75) is 52.0 Å². The highest BCUT2D eigenvalue weighted by atomic mass is 16.5. The molecule has 0 heterocycles. The van der Waals surface area contributed by atoms with Crippen LogP contribution in [0, 0.1) is 0 Å². The van der Waals surface area contributed by atoms with Crippen LogP contribution in [0.5, 0.6) is 11.5 Å². The van der Waals surface area contributed by atoms with Gasteiger partial charge in [-0.3, -0.25) is 4.79 Å². The maximum absolute atomic E-state index is 10.8. The van der Waals surface area contributed by atoms with E-state index in [4.69, 9.17) is 15.2 Å². The zero-order chi connectivity index (χ0) is 16.9. The number of ether oxygens (including phenoxy) is 2. The number of unbranched alkanes of at least 4 members (excludes halogenated alkanes) is 5. The van der Waals surface area contributed by atoms with Crippen LogP contribution in [0.1, 0.15) is 51.0 Å². The average molecular weight is 322 g/mol. The molecule has 0 radical (unpaired) electrons. The Morgan fingerprint density at radius 1 is 1.13 bits per heavy atom. The molecule has 130 valence electrons. The van der Waals surface area contributed by atoms with E-state index in [1.807, 2.05) is 18.2 Å². The smallest absolute Gasteiger partial charge is 0.255 e. The van der Waals surface area contributed by atoms with Crippen LogP contribution in [-0.2, 0) is 11.3 Å². The maximum Gasteiger partial charge on any atom is 0.255 e. The molecule has 0 aromatic heterocycles. The largest absolute Gasteiger partial charge is 0.493 e. The van der Waals surface area contributed by atoms with Crippen LogP contribution in [0.25, 0.3) is 0 Å². The third-order valence-electron chi connectivity index (χ3n) is 3.63. The van der Waals surface area contributed by atoms with Crippen molar-refractivity contribution in [3.05, 3.63) is 23.8 Å². The van der Waals surface area contributed by atoms with Gasteiger partial charge in [0.15, 0.2) is 18.1 Å². The Kier molecular flexibility index (Phi) is 9.87. The third-order valence-corrected chi connectivity index (χ3v) is 3.63. The molecule has 1 aromatic rings. The molecule has 5 nitrogen and oxygen atoms in total. The van der Waals surface area contributed by atoms with Gasteiger partial charge in [-0.15, -0.1) is 0 Å². The number of carbonyl (C=O) groups is 1. The van der Waals surface area contributed by atoms with Crippen LogP contribution < -0.4 is 20.5 Å². The van der Waals surface area contributed by atoms with Gasteiger partial charge in [0, 0.05) is 6.54 Å². The molecule has 0 atom stereocenters. The molecule has 0 fully saturated rings. The van der Waals surface area contributed by atoms with Crippen molar-refractivity contribution in [2.24, 2.45) is 5.73 Å². The van der Waals surface area contributed by atoms with E-state index in [1.165, 1.54) is 38.5 Å². The molecule has 1 amide bonds. The van der Waals surface area contributed by atoms with Crippen molar-refractivity contribution in [2.75, 3.05) is 20.3 Å². The second-order valence-corrected chi connectivity index (χ2v) is 5.68. The predicted octanol–water partition coefficient (Wildman–Crippen LogP) is 3.01. The summed E-state index contributed by atoms with van der Waals surface area (Å²) < 4.78 is 10.6. The fourth-order valence-electron chi connectivity index (χ4n) is 2.35. The summed E-state index contributed by atoms with van der Waals surface area (Å²) in [4.78, 5) is 10.8. The topological polar surface area (TPSA) is 73.6 Å². The molecule has 0 bridgehead atoms. The Balaban J connectivity index is 2.30. The fraction of sp³-hybridized carbons (Fsp3) is 0.611. The molecule has 0 saturated carbocycles. The molecule has 0 aliphatic heterocycles. The quantitative estimate of drug-likeness (QED) is 0.548. The highest BCUT2D eigenvalue weighted by Gasteiger charge is 2.07. The summed E-state index contributed by atoms with van der Waals surface area (Å²) in [6, 6.07) is 5.70. The van der Waals surface area contributed by atoms with Gasteiger partial charge >= 0.3 is 0 Å². The minimum absolute atomic E-state index is 0.147. The summed E-state index contributed by atoms with van der Waals surface area (Å²) >= 11 is 0. The Morgan fingerprint density at radius 3 is 2.57 bits per heavy atom. The van der Waals surface area contributed by atoms with E-state index in [9.17, 15) is 4.79 Å². The van der Waals surface area contributed by atoms with Gasteiger partial charge in [0.2, 0.25) is 0 Å². The Hall–Kier alpha value is -1.75. The monoisotopic (exact) mass is 322 g/mol. The van der Waals surface area contributed by atoms with E-state index in [2.05, 4.69) is 12.2 Å². The number of rotatable bonds is 13. The van der Waals surface area contributed by atoms with Crippen molar-refractivity contribution in [3.63, 3.8) is 0 Å². The average Bonchev–Trinajstić information content (AvgIpc) is 2.55. The van der Waals surface area contributed by atoms with Crippen LogP contribution in [0.4, 0.5) is 0 Å². The molecule has 1 rings (SSSR count). The lowest BCUT2D eigenvalue weighted by molar-refractivity contribution is -0.119. The van der Waals surface area contributed by atoms with E-state index in [-0.39, 0.29) is 6.61 Å². The number of benzene rings is 1. The zero-order valence-electron chi connectivity index (χ0n) is 14.4. The highest BCUT2D eigenvalue weighted by molar-refractivity contribution is 5.75. The van der Waals surface area contributed by atoms with Gasteiger partial charge in [-0.1, -0.05) is 45.1 Å². The van der Waals surface area contributed by atoms with Gasteiger partial charge in [-0.05, 0) is 30.7 Å². The summed E-state index contributed by atoms with van der Waals surface area (Å²) in [6.07, 6.45) is 7.81. The van der Waals surface area contributed by atoms with E-state index >= 15 is 0 Å². The lowest BCUT2D eigenvalue weighted by atomic mass is 10.1. The van der Waals surface area contributed by atoms with Crippen LogP contribution in [-0.4, -0.2) is 26.2 Å². The van der Waals surface area contributed by atoms with Gasteiger partial charge < -0.3 is 20.5 Å². The molecular formula is C18H30N2O3. The molecule has 1 aromatic carbocycles. The molecule has 5 heteroatoms. The van der Waals surface area contributed by atoms with Crippen molar-refractivity contribution in [3.8, 4) is 11.5 Å². The fourth-order valence-corrected chi connectivity index (χ4v) is 2.35. The number of carbonyl (C=O) groups excluding carboxylic acids is 1. The van der Waals surface area contributed by atoms with Crippen molar-refractivity contribution < 1.29 is 14.3 Å². The van der Waals surface area contributed by atoms with Gasteiger partial charge in [-0.25, -0.2) is 0 Å². The number of amides is 1. The summed E-state index contributed by atoms with van der Waals surface area (Å²) in [6.45, 7) is 3.90. The maximum atomic E-state index is 10.8. The van der Waals surface area contributed by atoms with Crippen LogP contribution in [0.15, 0.2) is 18.2 Å². The SMILES string of the molecule is CCCCCCCCNCc1ccc(OCC(N)=O)c(OC)c1. The zero-order valence-corrected chi connectivity index (χ0v) is 14.4. The van der Waals surface area contributed by atoms with Gasteiger partial charge in [0.1, 0.15) is 0 Å². The summed E-state index contributed by atoms with van der Waals surface area (Å²) in [5.74, 6) is 0.646. The molecule has 3 N–H and O–H groups in total. The van der Waals surface area contributed by atoms with Crippen molar-refractivity contribution in [1.29, 1.82) is 0 Å². The molecule has 23 heavy (non-hydrogen) atoms. The van der Waals surface area contributed by atoms with E-state index < -0.39 is 5.91 Å². The summed E-state index contributed by atoms with van der Waals surface area (Å²) in [5.41, 5.74) is 6.20. The standard InChI is InChI=1S/C18H30N2O3/c1-3-4-5-6-7-8-11-20-13-15-9-10-16(17(12-15)22-2)23-14-18(19)21/h9-10,12,20H,3-8,11,13-14H2,1-2H3,(H2,19,21). The molecule has 0 aliphatic carbocycles. The molecule has 0 spiro atoms. The first kappa shape index (κ1) is 19.3. The van der Waals surface area contributed by atoms with Crippen LogP contribution in [0.3, 0.4) is 0 Å². The van der Waals surface area contributed by atoms with Gasteiger partial charge in [0.05, 0.1) is 7.11 Å². The van der Waals surface area contributed by atoms with E-state index in [1.54, 1.807) is 7.11 Å². The highest BCUT2D eigenvalue weighted by Crippen LogP contribution is 2.27.